The van der Waals surface area contributed by atoms with Gasteiger partial charge in [0.25, 0.3) is 0 Å². The van der Waals surface area contributed by atoms with E-state index in [-0.39, 0.29) is 34.7 Å². The summed E-state index contributed by atoms with van der Waals surface area (Å²) in [4.78, 5) is 55.0. The van der Waals surface area contributed by atoms with Crippen LogP contribution < -0.4 is 0 Å². The molecule has 1 aromatic carbocycles. The summed E-state index contributed by atoms with van der Waals surface area (Å²) in [5.74, 6) is -2.38. The van der Waals surface area contributed by atoms with E-state index < -0.39 is 61.9 Å². The Bertz CT molecular complexity index is 1780. The summed E-state index contributed by atoms with van der Waals surface area (Å²) in [6, 6.07) is 23.5. The molecule has 4 aromatic rings. The second-order valence-corrected chi connectivity index (χ2v) is 14.8. The molecule has 5 atom stereocenters. The molecule has 11 nitrogen and oxygen atoms in total. The molecule has 14 heteroatoms. The molecule has 1 radical (unpaired) electrons. The smallest absolute Gasteiger partial charge is 0.303 e. The Kier molecular flexibility index (Phi) is 15.9. The molecular formula is C39H43AuN2O9PS. The third-order valence-electron chi connectivity index (χ3n) is 8.58. The molecule has 1 saturated heterocycles. The van der Waals surface area contributed by atoms with Gasteiger partial charge in [-0.1, -0.05) is 50.0 Å². The molecule has 0 spiro atoms. The van der Waals surface area contributed by atoms with E-state index >= 15 is 0 Å². The molecule has 5 unspecified atom stereocenters. The third-order valence-corrected chi connectivity index (χ3v) is 11.7. The van der Waals surface area contributed by atoms with Gasteiger partial charge in [0.1, 0.15) is 18.8 Å². The van der Waals surface area contributed by atoms with Crippen molar-refractivity contribution in [1.29, 1.82) is 0 Å². The summed E-state index contributed by atoms with van der Waals surface area (Å²) in [5.41, 5.74) is 5.34. The maximum atomic E-state index is 11.5. The molecule has 1 aliphatic carbocycles. The van der Waals surface area contributed by atoms with E-state index in [4.69, 9.17) is 33.7 Å². The molecule has 0 amide bonds. The largest absolute Gasteiger partial charge is 0.463 e. The monoisotopic (exact) mass is 943 g/mol. The molecule has 1 fully saturated rings. The van der Waals surface area contributed by atoms with Crippen LogP contribution in [-0.4, -0.2) is 76.7 Å². The zero-order chi connectivity index (χ0) is 37.2. The third kappa shape index (κ3) is 10.7. The van der Waals surface area contributed by atoms with Gasteiger partial charge in [0, 0.05) is 78.8 Å². The van der Waals surface area contributed by atoms with E-state index in [0.29, 0.717) is 0 Å². The number of thiol groups is 1. The van der Waals surface area contributed by atoms with Gasteiger partial charge in [-0.3, -0.25) is 29.1 Å². The van der Waals surface area contributed by atoms with Gasteiger partial charge in [0.2, 0.25) is 0 Å². The Balaban J connectivity index is 0.000000234. The van der Waals surface area contributed by atoms with Gasteiger partial charge in [0.15, 0.2) is 18.3 Å². The van der Waals surface area contributed by atoms with Gasteiger partial charge in [-0.15, -0.1) is 0 Å². The van der Waals surface area contributed by atoms with Crippen molar-refractivity contribution in [2.24, 2.45) is 0 Å². The Morgan fingerprint density at radius 3 is 1.58 bits per heavy atom. The zero-order valence-corrected chi connectivity index (χ0v) is 33.9. The Morgan fingerprint density at radius 1 is 0.679 bits per heavy atom. The van der Waals surface area contributed by atoms with Gasteiger partial charge >= 0.3 is 23.9 Å². The van der Waals surface area contributed by atoms with Gasteiger partial charge < -0.3 is 23.7 Å². The molecule has 0 saturated carbocycles. The topological polar surface area (TPSA) is 140 Å². The van der Waals surface area contributed by atoms with Gasteiger partial charge in [-0.05, 0) is 66.4 Å². The average molecular weight is 944 g/mol. The number of hydrogen-bond acceptors (Lipinski definition) is 12. The molecule has 4 heterocycles. The van der Waals surface area contributed by atoms with E-state index in [1.165, 1.54) is 67.6 Å². The number of pyridine rings is 2. The van der Waals surface area contributed by atoms with Crippen LogP contribution in [0.5, 0.6) is 0 Å². The number of carbonyl (C=O) groups is 4. The van der Waals surface area contributed by atoms with E-state index in [1.54, 1.807) is 0 Å². The summed E-state index contributed by atoms with van der Waals surface area (Å²) in [6.45, 7) is 4.50. The van der Waals surface area contributed by atoms with Crippen LogP contribution >= 0.6 is 20.2 Å². The van der Waals surface area contributed by atoms with Crippen LogP contribution in [0.25, 0.3) is 27.3 Å². The molecule has 1 aliphatic heterocycles. The summed E-state index contributed by atoms with van der Waals surface area (Å²) >= 11 is 4.15. The molecule has 2 aliphatic rings. The maximum Gasteiger partial charge on any atom is 0.303 e. The first-order chi connectivity index (χ1) is 25.1. The normalized spacial score (nSPS) is 20.3. The Morgan fingerprint density at radius 2 is 1.15 bits per heavy atom. The molecule has 53 heavy (non-hydrogen) atoms. The van der Waals surface area contributed by atoms with E-state index in [2.05, 4.69) is 67.2 Å². The van der Waals surface area contributed by atoms with Gasteiger partial charge in [-0.2, -0.15) is 12.6 Å². The first kappa shape index (κ1) is 42.0. The van der Waals surface area contributed by atoms with Gasteiger partial charge in [0.05, 0.1) is 11.4 Å². The number of esters is 4. The summed E-state index contributed by atoms with van der Waals surface area (Å²) in [5, 5.41) is 4.29. The maximum absolute atomic E-state index is 11.5. The number of aromatic nitrogens is 2. The number of rotatable bonds is 9. The minimum Gasteiger partial charge on any atom is -0.463 e. The van der Waals surface area contributed by atoms with Crippen molar-refractivity contribution in [2.45, 2.75) is 83.9 Å². The fourth-order valence-corrected chi connectivity index (χ4v) is 9.91. The van der Waals surface area contributed by atoms with Crippen molar-refractivity contribution in [2.75, 3.05) is 12.4 Å². The second kappa shape index (κ2) is 20.1. The Hall–Kier alpha value is -3.77. The molecule has 0 N–H and O–H groups in total. The fraction of sp³-hybridized carbons (Fsp3) is 0.385. The molecule has 3 aromatic heterocycles. The van der Waals surface area contributed by atoms with Crippen LogP contribution in [0.15, 0.2) is 79.1 Å². The number of hydrogen-bond donors (Lipinski definition) is 1. The minimum absolute atomic E-state index is 0. The van der Waals surface area contributed by atoms with Gasteiger partial charge in [-0.25, -0.2) is 0 Å². The number of nitrogens with zero attached hydrogens (tertiary/aromatic N) is 2. The molecule has 6 rings (SSSR count). The zero-order valence-electron chi connectivity index (χ0n) is 29.9. The standard InChI is InChI=1S/C24H21N2P.C15H22O9S.Au/c1-2-10-18(11-3-1)27-23(21-14-6-8-16-25-21)19-12-4-5-13-20(19)24(27)22-15-7-9-17-26-22;1-7(16)20-5-11-13(21-8(2)17)15(23-10(4)19)14(22-9(3)18)12(6-25)24-11;/h1-3,6-11,14-17H,4-5,12-13H2;11-15,25H,5-6H2,1-4H3;. The molecule has 285 valence electrons. The van der Waals surface area contributed by atoms with E-state index in [1.807, 2.05) is 24.5 Å². The van der Waals surface area contributed by atoms with Crippen molar-refractivity contribution in [3.63, 3.8) is 0 Å². The SMILES string of the molecule is CC(=O)OCC1OC(CS)C(OC(C)=O)C(OC(C)=O)C1OC(C)=O.[Au].c1ccc(-p2c(-c3ccccn3)c3c(c2-c2ccccn2)CCCC3)cc1. The van der Waals surface area contributed by atoms with E-state index in [0.717, 1.165) is 24.2 Å². The van der Waals surface area contributed by atoms with Crippen molar-refractivity contribution in [1.82, 2.24) is 9.97 Å². The second-order valence-electron chi connectivity index (χ2n) is 12.4. The first-order valence-electron chi connectivity index (χ1n) is 17.1. The van der Waals surface area contributed by atoms with Crippen LogP contribution in [0.3, 0.4) is 0 Å². The summed E-state index contributed by atoms with van der Waals surface area (Å²) < 4.78 is 26.3. The number of carbonyl (C=O) groups excluding carboxylic acids is 4. The van der Waals surface area contributed by atoms with Crippen LogP contribution in [0.2, 0.25) is 0 Å². The quantitative estimate of drug-likeness (QED) is 0.0830. The van der Waals surface area contributed by atoms with Crippen molar-refractivity contribution in [3.05, 3.63) is 90.3 Å². The first-order valence-corrected chi connectivity index (χ1v) is 19.1. The summed E-state index contributed by atoms with van der Waals surface area (Å²) in [7, 11) is -0.636. The van der Waals surface area contributed by atoms with Crippen molar-refractivity contribution in [3.8, 4) is 27.3 Å². The van der Waals surface area contributed by atoms with Crippen LogP contribution in [0.1, 0.15) is 51.7 Å². The Labute approximate surface area is 331 Å². The van der Waals surface area contributed by atoms with Crippen molar-refractivity contribution < 1.29 is 65.2 Å². The van der Waals surface area contributed by atoms with Crippen LogP contribution in [-0.2, 0) is 78.1 Å². The fourth-order valence-electron chi connectivity index (χ4n) is 6.65. The minimum atomic E-state index is -1.13. The van der Waals surface area contributed by atoms with Crippen molar-refractivity contribution >= 4 is 44.0 Å². The molecule has 0 bridgehead atoms. The van der Waals surface area contributed by atoms with Crippen LogP contribution in [0.4, 0.5) is 0 Å². The number of ether oxygens (including phenoxy) is 5. The average Bonchev–Trinajstić information content (AvgIpc) is 3.48. The number of fused-ring (bicyclic) bond motifs is 1. The van der Waals surface area contributed by atoms with Crippen LogP contribution in [0, 0.1) is 0 Å². The predicted molar refractivity (Wildman–Crippen MR) is 199 cm³/mol. The number of benzene rings is 1. The summed E-state index contributed by atoms with van der Waals surface area (Å²) in [6.07, 6.45) is 3.73. The molecular weight excluding hydrogens is 900 g/mol. The van der Waals surface area contributed by atoms with E-state index in [9.17, 15) is 19.2 Å². The predicted octanol–water partition coefficient (Wildman–Crippen LogP) is 6.70.